The summed E-state index contributed by atoms with van der Waals surface area (Å²) in [6.07, 6.45) is 3.61. The Kier molecular flexibility index (Phi) is 4.89. The van der Waals surface area contributed by atoms with E-state index in [1.54, 1.807) is 30.1 Å². The molecule has 0 aliphatic rings. The van der Waals surface area contributed by atoms with Gasteiger partial charge in [-0.05, 0) is 54.1 Å². The van der Waals surface area contributed by atoms with Crippen LogP contribution in [0.2, 0.25) is 0 Å². The van der Waals surface area contributed by atoms with Gasteiger partial charge in [-0.15, -0.1) is 11.8 Å². The third kappa shape index (κ3) is 4.01. The molecular formula is C21H16FN3OS. The lowest BCUT2D eigenvalue weighted by Gasteiger charge is -2.06. The average Bonchev–Trinajstić information content (AvgIpc) is 3.14. The van der Waals surface area contributed by atoms with Crippen LogP contribution in [-0.4, -0.2) is 15.9 Å². The van der Waals surface area contributed by atoms with Crippen LogP contribution in [-0.2, 0) is 5.75 Å². The molecule has 2 N–H and O–H groups in total. The third-order valence-electron chi connectivity index (χ3n) is 4.10. The van der Waals surface area contributed by atoms with Gasteiger partial charge in [0.15, 0.2) is 0 Å². The van der Waals surface area contributed by atoms with Crippen molar-refractivity contribution in [1.29, 1.82) is 0 Å². The van der Waals surface area contributed by atoms with E-state index in [1.165, 1.54) is 12.1 Å². The molecule has 0 spiro atoms. The van der Waals surface area contributed by atoms with E-state index in [-0.39, 0.29) is 11.7 Å². The third-order valence-corrected chi connectivity index (χ3v) is 5.18. The van der Waals surface area contributed by atoms with E-state index < -0.39 is 0 Å². The summed E-state index contributed by atoms with van der Waals surface area (Å²) >= 11 is 1.70. The monoisotopic (exact) mass is 377 g/mol. The molecule has 4 rings (SSSR count). The second kappa shape index (κ2) is 7.63. The van der Waals surface area contributed by atoms with Crippen molar-refractivity contribution in [3.05, 3.63) is 90.1 Å². The molecule has 0 bridgehead atoms. The molecule has 0 unspecified atom stereocenters. The SMILES string of the molecule is O=C(Nc1ccc(SCc2cccnc2)cc1)c1cc2c(F)cccc2[nH]1. The van der Waals surface area contributed by atoms with Crippen LogP contribution in [0, 0.1) is 5.82 Å². The maximum absolute atomic E-state index is 13.8. The molecule has 2 aromatic heterocycles. The van der Waals surface area contributed by atoms with Gasteiger partial charge in [-0.25, -0.2) is 4.39 Å². The molecule has 0 saturated carbocycles. The fourth-order valence-electron chi connectivity index (χ4n) is 2.72. The summed E-state index contributed by atoms with van der Waals surface area (Å²) in [4.78, 5) is 20.6. The van der Waals surface area contributed by atoms with Crippen molar-refractivity contribution in [1.82, 2.24) is 9.97 Å². The van der Waals surface area contributed by atoms with Crippen molar-refractivity contribution in [2.75, 3.05) is 5.32 Å². The van der Waals surface area contributed by atoms with E-state index in [2.05, 4.69) is 15.3 Å². The number of carbonyl (C=O) groups excluding carboxylic acids is 1. The summed E-state index contributed by atoms with van der Waals surface area (Å²) in [5.74, 6) is 0.180. The highest BCUT2D eigenvalue weighted by atomic mass is 32.2. The molecule has 0 fully saturated rings. The number of pyridine rings is 1. The van der Waals surface area contributed by atoms with Gasteiger partial charge < -0.3 is 10.3 Å². The Hall–Kier alpha value is -3.12. The largest absolute Gasteiger partial charge is 0.350 e. The molecule has 1 amide bonds. The fraction of sp³-hybridized carbons (Fsp3) is 0.0476. The van der Waals surface area contributed by atoms with Gasteiger partial charge in [0.25, 0.3) is 5.91 Å². The summed E-state index contributed by atoms with van der Waals surface area (Å²) in [7, 11) is 0. The van der Waals surface area contributed by atoms with Crippen molar-refractivity contribution >= 4 is 34.3 Å². The minimum atomic E-state index is -0.349. The number of thioether (sulfide) groups is 1. The molecular weight excluding hydrogens is 361 g/mol. The maximum atomic E-state index is 13.8. The zero-order valence-corrected chi connectivity index (χ0v) is 15.1. The Morgan fingerprint density at radius 2 is 1.96 bits per heavy atom. The zero-order chi connectivity index (χ0) is 18.6. The molecule has 27 heavy (non-hydrogen) atoms. The highest BCUT2D eigenvalue weighted by molar-refractivity contribution is 7.98. The average molecular weight is 377 g/mol. The predicted octanol–water partition coefficient (Wildman–Crippen LogP) is 5.25. The van der Waals surface area contributed by atoms with Crippen LogP contribution < -0.4 is 5.32 Å². The Morgan fingerprint density at radius 1 is 1.11 bits per heavy atom. The molecule has 0 saturated heterocycles. The summed E-state index contributed by atoms with van der Waals surface area (Å²) in [6.45, 7) is 0. The van der Waals surface area contributed by atoms with E-state index in [0.717, 1.165) is 16.2 Å². The van der Waals surface area contributed by atoms with Crippen LogP contribution in [0.25, 0.3) is 10.9 Å². The number of amides is 1. The van der Waals surface area contributed by atoms with Crippen molar-refractivity contribution in [2.45, 2.75) is 10.6 Å². The number of benzene rings is 2. The number of carbonyl (C=O) groups is 1. The predicted molar refractivity (Wildman–Crippen MR) is 106 cm³/mol. The number of aromatic nitrogens is 2. The van der Waals surface area contributed by atoms with Gasteiger partial charge >= 0.3 is 0 Å². The molecule has 0 aliphatic carbocycles. The van der Waals surface area contributed by atoms with Crippen LogP contribution in [0.4, 0.5) is 10.1 Å². The first-order chi connectivity index (χ1) is 13.2. The van der Waals surface area contributed by atoms with Crippen LogP contribution in [0.1, 0.15) is 16.1 Å². The number of anilines is 1. The quantitative estimate of drug-likeness (QED) is 0.467. The lowest BCUT2D eigenvalue weighted by Crippen LogP contribution is -2.12. The molecule has 0 radical (unpaired) electrons. The Labute approximate surface area is 159 Å². The van der Waals surface area contributed by atoms with E-state index >= 15 is 0 Å². The summed E-state index contributed by atoms with van der Waals surface area (Å²) in [5, 5.41) is 3.23. The first-order valence-electron chi connectivity index (χ1n) is 8.39. The summed E-state index contributed by atoms with van der Waals surface area (Å²) < 4.78 is 13.8. The first-order valence-corrected chi connectivity index (χ1v) is 9.38. The van der Waals surface area contributed by atoms with E-state index in [0.29, 0.717) is 22.3 Å². The van der Waals surface area contributed by atoms with Gasteiger partial charge in [-0.3, -0.25) is 9.78 Å². The van der Waals surface area contributed by atoms with Crippen LogP contribution >= 0.6 is 11.8 Å². The van der Waals surface area contributed by atoms with Gasteiger partial charge in [0, 0.05) is 39.6 Å². The number of H-pyrrole nitrogens is 1. The van der Waals surface area contributed by atoms with Gasteiger partial charge in [-0.1, -0.05) is 12.1 Å². The number of nitrogens with zero attached hydrogens (tertiary/aromatic N) is 1. The molecule has 2 aromatic carbocycles. The number of nitrogens with one attached hydrogen (secondary N) is 2. The molecule has 2 heterocycles. The smallest absolute Gasteiger partial charge is 0.272 e. The second-order valence-electron chi connectivity index (χ2n) is 6.01. The Bertz CT molecular complexity index is 1080. The molecule has 4 nitrogen and oxygen atoms in total. The lowest BCUT2D eigenvalue weighted by atomic mass is 10.2. The van der Waals surface area contributed by atoms with Crippen LogP contribution in [0.5, 0.6) is 0 Å². The molecule has 4 aromatic rings. The fourth-order valence-corrected chi connectivity index (χ4v) is 3.56. The number of hydrogen-bond donors (Lipinski definition) is 2. The van der Waals surface area contributed by atoms with Crippen molar-refractivity contribution in [2.24, 2.45) is 0 Å². The first kappa shape index (κ1) is 17.3. The number of aromatic amines is 1. The molecule has 0 atom stereocenters. The second-order valence-corrected chi connectivity index (χ2v) is 7.06. The number of fused-ring (bicyclic) bond motifs is 1. The summed E-state index contributed by atoms with van der Waals surface area (Å²) in [5.41, 5.74) is 2.77. The molecule has 0 aliphatic heterocycles. The number of halogens is 1. The van der Waals surface area contributed by atoms with E-state index in [1.807, 2.05) is 42.6 Å². The Balaban J connectivity index is 1.41. The van der Waals surface area contributed by atoms with Crippen molar-refractivity contribution < 1.29 is 9.18 Å². The minimum Gasteiger partial charge on any atom is -0.350 e. The van der Waals surface area contributed by atoms with Gasteiger partial charge in [0.1, 0.15) is 11.5 Å². The number of rotatable bonds is 5. The standard InChI is InChI=1S/C21H16FN3OS/c22-18-4-1-5-19-17(18)11-20(25-19)21(26)24-15-6-8-16(9-7-15)27-13-14-3-2-10-23-12-14/h1-12,25H,13H2,(H,24,26). The maximum Gasteiger partial charge on any atom is 0.272 e. The van der Waals surface area contributed by atoms with Gasteiger partial charge in [0.2, 0.25) is 0 Å². The normalized spacial score (nSPS) is 10.9. The molecule has 134 valence electrons. The van der Waals surface area contributed by atoms with Crippen molar-refractivity contribution in [3.8, 4) is 0 Å². The van der Waals surface area contributed by atoms with Crippen molar-refractivity contribution in [3.63, 3.8) is 0 Å². The van der Waals surface area contributed by atoms with Gasteiger partial charge in [-0.2, -0.15) is 0 Å². The van der Waals surface area contributed by atoms with Crippen LogP contribution in [0.15, 0.2) is 78.0 Å². The molecule has 6 heteroatoms. The summed E-state index contributed by atoms with van der Waals surface area (Å²) in [6, 6.07) is 17.8. The topological polar surface area (TPSA) is 57.8 Å². The van der Waals surface area contributed by atoms with E-state index in [4.69, 9.17) is 0 Å². The lowest BCUT2D eigenvalue weighted by molar-refractivity contribution is 0.102. The Morgan fingerprint density at radius 3 is 2.70 bits per heavy atom. The zero-order valence-electron chi connectivity index (χ0n) is 14.3. The highest BCUT2D eigenvalue weighted by Gasteiger charge is 2.12. The van der Waals surface area contributed by atoms with Gasteiger partial charge in [0.05, 0.1) is 0 Å². The van der Waals surface area contributed by atoms with E-state index in [9.17, 15) is 9.18 Å². The minimum absolute atomic E-state index is 0.304. The highest BCUT2D eigenvalue weighted by Crippen LogP contribution is 2.24. The number of hydrogen-bond acceptors (Lipinski definition) is 3. The van der Waals surface area contributed by atoms with Crippen LogP contribution in [0.3, 0.4) is 0 Å².